The van der Waals surface area contributed by atoms with Crippen LogP contribution in [0.5, 0.6) is 0 Å². The van der Waals surface area contributed by atoms with E-state index in [0.29, 0.717) is 12.6 Å². The van der Waals surface area contributed by atoms with Crippen LogP contribution in [0.1, 0.15) is 31.0 Å². The third-order valence-corrected chi connectivity index (χ3v) is 3.83. The number of nitrogens with one attached hydrogen (secondary N) is 1. The summed E-state index contributed by atoms with van der Waals surface area (Å²) < 4.78 is 0. The van der Waals surface area contributed by atoms with Crippen LogP contribution < -0.4 is 5.32 Å². The Morgan fingerprint density at radius 1 is 1.18 bits per heavy atom. The highest BCUT2D eigenvalue weighted by atomic mass is 16.1. The maximum Gasteiger partial charge on any atom is 0.217 e. The topological polar surface area (TPSA) is 45.2 Å². The van der Waals surface area contributed by atoms with Crippen LogP contribution in [0.2, 0.25) is 0 Å². The lowest BCUT2D eigenvalue weighted by molar-refractivity contribution is -0.119. The van der Waals surface area contributed by atoms with Gasteiger partial charge in [-0.3, -0.25) is 9.78 Å². The standard InChI is InChI=1S/C18H23N3O/c1-13(21(3)4)16-6-8-17(9-7-16)18-10-5-15(12-20-18)11-19-14(2)22/h5-10,12-13H,11H2,1-4H3,(H,19,22)/t13-/m1/s1. The Hall–Kier alpha value is -2.20. The fourth-order valence-electron chi connectivity index (χ4n) is 2.16. The lowest BCUT2D eigenvalue weighted by Gasteiger charge is -2.20. The molecule has 116 valence electrons. The quantitative estimate of drug-likeness (QED) is 0.922. The number of carbonyl (C=O) groups excluding carboxylic acids is 1. The van der Waals surface area contributed by atoms with E-state index < -0.39 is 0 Å². The summed E-state index contributed by atoms with van der Waals surface area (Å²) in [5.74, 6) is -0.0327. The van der Waals surface area contributed by atoms with Gasteiger partial charge < -0.3 is 10.2 Å². The first kappa shape index (κ1) is 16.2. The van der Waals surface area contributed by atoms with E-state index in [1.165, 1.54) is 12.5 Å². The van der Waals surface area contributed by atoms with Gasteiger partial charge in [0.25, 0.3) is 0 Å². The smallest absolute Gasteiger partial charge is 0.217 e. The second-order valence-electron chi connectivity index (χ2n) is 5.72. The maximum atomic E-state index is 10.9. The van der Waals surface area contributed by atoms with Crippen LogP contribution in [0.15, 0.2) is 42.6 Å². The molecule has 22 heavy (non-hydrogen) atoms. The van der Waals surface area contributed by atoms with Crippen LogP contribution in [-0.2, 0) is 11.3 Å². The summed E-state index contributed by atoms with van der Waals surface area (Å²) in [6.07, 6.45) is 1.81. The monoisotopic (exact) mass is 297 g/mol. The van der Waals surface area contributed by atoms with Crippen molar-refractivity contribution in [2.45, 2.75) is 26.4 Å². The molecule has 1 N–H and O–H groups in total. The highest BCUT2D eigenvalue weighted by molar-refractivity contribution is 5.72. The predicted octanol–water partition coefficient (Wildman–Crippen LogP) is 3.01. The van der Waals surface area contributed by atoms with Gasteiger partial charge in [0.2, 0.25) is 5.91 Å². The van der Waals surface area contributed by atoms with Gasteiger partial charge in [0, 0.05) is 31.3 Å². The van der Waals surface area contributed by atoms with Crippen LogP contribution >= 0.6 is 0 Å². The Morgan fingerprint density at radius 2 is 1.86 bits per heavy atom. The molecule has 2 aromatic rings. The molecule has 0 aliphatic carbocycles. The van der Waals surface area contributed by atoms with E-state index in [4.69, 9.17) is 0 Å². The summed E-state index contributed by atoms with van der Waals surface area (Å²) in [5, 5.41) is 2.77. The highest BCUT2D eigenvalue weighted by Crippen LogP contribution is 2.22. The molecule has 1 atom stereocenters. The van der Waals surface area contributed by atoms with Gasteiger partial charge in [0.05, 0.1) is 5.69 Å². The molecule has 4 nitrogen and oxygen atoms in total. The highest BCUT2D eigenvalue weighted by Gasteiger charge is 2.08. The number of pyridine rings is 1. The van der Waals surface area contributed by atoms with Gasteiger partial charge in [0.1, 0.15) is 0 Å². The molecule has 1 amide bonds. The van der Waals surface area contributed by atoms with Crippen molar-refractivity contribution in [1.82, 2.24) is 15.2 Å². The maximum absolute atomic E-state index is 10.9. The van der Waals surface area contributed by atoms with Crippen molar-refractivity contribution in [3.05, 3.63) is 53.7 Å². The van der Waals surface area contributed by atoms with E-state index in [1.807, 2.05) is 18.3 Å². The van der Waals surface area contributed by atoms with Crippen molar-refractivity contribution in [3.63, 3.8) is 0 Å². The minimum Gasteiger partial charge on any atom is -0.352 e. The predicted molar refractivity (Wildman–Crippen MR) is 89.3 cm³/mol. The van der Waals surface area contributed by atoms with Crippen LogP contribution in [0, 0.1) is 0 Å². The van der Waals surface area contributed by atoms with E-state index in [0.717, 1.165) is 16.8 Å². The SMILES string of the molecule is CC(=O)NCc1ccc(-c2ccc([C@@H](C)N(C)C)cc2)nc1. The second kappa shape index (κ2) is 7.18. The zero-order valence-corrected chi connectivity index (χ0v) is 13.6. The van der Waals surface area contributed by atoms with Crippen molar-refractivity contribution in [2.75, 3.05) is 14.1 Å². The molecule has 0 radical (unpaired) electrons. The van der Waals surface area contributed by atoms with Gasteiger partial charge in [-0.15, -0.1) is 0 Å². The third kappa shape index (κ3) is 4.15. The fourth-order valence-corrected chi connectivity index (χ4v) is 2.16. The van der Waals surface area contributed by atoms with Crippen molar-refractivity contribution >= 4 is 5.91 Å². The number of nitrogens with zero attached hydrogens (tertiary/aromatic N) is 2. The van der Waals surface area contributed by atoms with E-state index in [1.54, 1.807) is 0 Å². The van der Waals surface area contributed by atoms with Gasteiger partial charge in [-0.1, -0.05) is 30.3 Å². The molecule has 0 aliphatic rings. The summed E-state index contributed by atoms with van der Waals surface area (Å²) in [6.45, 7) is 4.21. The average Bonchev–Trinajstić information content (AvgIpc) is 2.53. The number of hydrogen-bond donors (Lipinski definition) is 1. The Labute approximate surface area is 132 Å². The Kier molecular flexibility index (Phi) is 5.28. The minimum absolute atomic E-state index is 0.0327. The van der Waals surface area contributed by atoms with E-state index in [2.05, 4.69) is 60.5 Å². The molecule has 1 aromatic heterocycles. The summed E-state index contributed by atoms with van der Waals surface area (Å²) >= 11 is 0. The number of rotatable bonds is 5. The molecule has 0 saturated carbocycles. The molecular weight excluding hydrogens is 274 g/mol. The summed E-state index contributed by atoms with van der Waals surface area (Å²) in [4.78, 5) is 17.6. The number of hydrogen-bond acceptors (Lipinski definition) is 3. The lowest BCUT2D eigenvalue weighted by atomic mass is 10.0. The fraction of sp³-hybridized carbons (Fsp3) is 0.333. The van der Waals surface area contributed by atoms with Gasteiger partial charge >= 0.3 is 0 Å². The summed E-state index contributed by atoms with van der Waals surface area (Å²) in [7, 11) is 4.15. The molecule has 1 heterocycles. The van der Waals surface area contributed by atoms with Gasteiger partial charge in [0.15, 0.2) is 0 Å². The molecule has 0 saturated heterocycles. The molecule has 2 rings (SSSR count). The van der Waals surface area contributed by atoms with Crippen molar-refractivity contribution in [1.29, 1.82) is 0 Å². The summed E-state index contributed by atoms with van der Waals surface area (Å²) in [6, 6.07) is 12.9. The molecule has 0 fully saturated rings. The Morgan fingerprint density at radius 3 is 2.36 bits per heavy atom. The first-order valence-corrected chi connectivity index (χ1v) is 7.43. The molecule has 0 spiro atoms. The van der Waals surface area contributed by atoms with E-state index >= 15 is 0 Å². The third-order valence-electron chi connectivity index (χ3n) is 3.83. The minimum atomic E-state index is -0.0327. The van der Waals surface area contributed by atoms with Crippen LogP contribution in [0.3, 0.4) is 0 Å². The van der Waals surface area contributed by atoms with Gasteiger partial charge in [-0.25, -0.2) is 0 Å². The van der Waals surface area contributed by atoms with Crippen molar-refractivity contribution < 1.29 is 4.79 Å². The molecule has 0 bridgehead atoms. The molecule has 0 unspecified atom stereocenters. The first-order valence-electron chi connectivity index (χ1n) is 7.43. The Balaban J connectivity index is 2.10. The van der Waals surface area contributed by atoms with Gasteiger partial charge in [-0.2, -0.15) is 0 Å². The number of aromatic nitrogens is 1. The van der Waals surface area contributed by atoms with Crippen molar-refractivity contribution in [3.8, 4) is 11.3 Å². The largest absolute Gasteiger partial charge is 0.352 e. The molecule has 0 aliphatic heterocycles. The normalized spacial score (nSPS) is 12.2. The van der Waals surface area contributed by atoms with Crippen LogP contribution in [0.25, 0.3) is 11.3 Å². The number of benzene rings is 1. The molecular formula is C18H23N3O. The van der Waals surface area contributed by atoms with E-state index in [-0.39, 0.29) is 5.91 Å². The number of amides is 1. The van der Waals surface area contributed by atoms with Crippen LogP contribution in [-0.4, -0.2) is 29.9 Å². The first-order chi connectivity index (χ1) is 10.5. The van der Waals surface area contributed by atoms with Crippen LogP contribution in [0.4, 0.5) is 0 Å². The molecule has 1 aromatic carbocycles. The second-order valence-corrected chi connectivity index (χ2v) is 5.72. The lowest BCUT2D eigenvalue weighted by Crippen LogP contribution is -2.18. The Bertz CT molecular complexity index is 618. The summed E-state index contributed by atoms with van der Waals surface area (Å²) in [5.41, 5.74) is 4.32. The van der Waals surface area contributed by atoms with E-state index in [9.17, 15) is 4.79 Å². The number of carbonyl (C=O) groups is 1. The average molecular weight is 297 g/mol. The van der Waals surface area contributed by atoms with Gasteiger partial charge in [-0.05, 0) is 38.2 Å². The molecule has 4 heteroatoms. The zero-order chi connectivity index (χ0) is 16.1. The van der Waals surface area contributed by atoms with Crippen molar-refractivity contribution in [2.24, 2.45) is 0 Å². The zero-order valence-electron chi connectivity index (χ0n) is 13.6.